The van der Waals surface area contributed by atoms with E-state index >= 15 is 0 Å². The molecule has 10 nitrogen and oxygen atoms in total. The number of amides is 1. The molecule has 2 atom stereocenters. The van der Waals surface area contributed by atoms with Crippen molar-refractivity contribution in [1.82, 2.24) is 24.4 Å². The highest BCUT2D eigenvalue weighted by Gasteiger charge is 2.36. The summed E-state index contributed by atoms with van der Waals surface area (Å²) >= 11 is 0. The van der Waals surface area contributed by atoms with Crippen LogP contribution in [0.15, 0.2) is 34.0 Å². The fourth-order valence-corrected chi connectivity index (χ4v) is 3.52. The van der Waals surface area contributed by atoms with E-state index in [2.05, 4.69) is 9.97 Å². The van der Waals surface area contributed by atoms with Crippen LogP contribution in [-0.4, -0.2) is 61.2 Å². The molecule has 1 fully saturated rings. The molecule has 0 saturated carbocycles. The fraction of sp³-hybridized carbons (Fsp3) is 0.368. The third-order valence-electron chi connectivity index (χ3n) is 5.04. The number of H-pyrrole nitrogens is 2. The Labute approximate surface area is 168 Å². The molecular weight excluding hydrogens is 397 g/mol. The third-order valence-corrected chi connectivity index (χ3v) is 5.04. The van der Waals surface area contributed by atoms with Gasteiger partial charge in [-0.3, -0.25) is 19.1 Å². The lowest BCUT2D eigenvalue weighted by molar-refractivity contribution is -0.136. The lowest BCUT2D eigenvalue weighted by atomic mass is 10.2. The Morgan fingerprint density at radius 3 is 2.93 bits per heavy atom. The molecule has 11 heteroatoms. The first-order valence-corrected chi connectivity index (χ1v) is 9.31. The van der Waals surface area contributed by atoms with Crippen LogP contribution < -0.4 is 11.2 Å². The van der Waals surface area contributed by atoms with Gasteiger partial charge in [-0.15, -0.1) is 0 Å². The van der Waals surface area contributed by atoms with Gasteiger partial charge in [0, 0.05) is 13.1 Å². The topological polar surface area (TPSA) is 133 Å². The van der Waals surface area contributed by atoms with Gasteiger partial charge in [0.25, 0.3) is 5.56 Å². The summed E-state index contributed by atoms with van der Waals surface area (Å²) in [6, 6.07) is 4.94. The SMILES string of the molecule is Cc1ccc2nc(COCC(=O)N3C[C@@H](O)[C@H](n4cc(F)c(=O)[nH]c4=O)C3)[nH]c2c1. The van der Waals surface area contributed by atoms with Crippen LogP contribution in [0.3, 0.4) is 0 Å². The number of carbonyl (C=O) groups excluding carboxylic acids is 1. The van der Waals surface area contributed by atoms with Crippen LogP contribution in [0.1, 0.15) is 17.4 Å². The highest BCUT2D eigenvalue weighted by molar-refractivity contribution is 5.78. The number of rotatable bonds is 5. The zero-order valence-electron chi connectivity index (χ0n) is 16.1. The molecule has 30 heavy (non-hydrogen) atoms. The van der Waals surface area contributed by atoms with Crippen molar-refractivity contribution in [3.05, 3.63) is 62.4 Å². The number of aliphatic hydroxyl groups excluding tert-OH is 1. The second-order valence-corrected chi connectivity index (χ2v) is 7.27. The van der Waals surface area contributed by atoms with Crippen molar-refractivity contribution in [1.29, 1.82) is 0 Å². The van der Waals surface area contributed by atoms with E-state index in [9.17, 15) is 23.9 Å². The predicted molar refractivity (Wildman–Crippen MR) is 103 cm³/mol. The molecule has 1 aliphatic heterocycles. The largest absolute Gasteiger partial charge is 0.389 e. The Morgan fingerprint density at radius 1 is 1.33 bits per heavy atom. The molecule has 0 unspecified atom stereocenters. The molecule has 158 valence electrons. The first-order valence-electron chi connectivity index (χ1n) is 9.31. The van der Waals surface area contributed by atoms with Gasteiger partial charge in [-0.1, -0.05) is 6.07 Å². The minimum atomic E-state index is -1.14. The molecule has 1 aliphatic rings. The van der Waals surface area contributed by atoms with Crippen LogP contribution in [-0.2, 0) is 16.1 Å². The summed E-state index contributed by atoms with van der Waals surface area (Å²) in [5, 5.41) is 10.2. The molecule has 1 aromatic carbocycles. The Morgan fingerprint density at radius 2 is 2.13 bits per heavy atom. The number of aromatic nitrogens is 4. The van der Waals surface area contributed by atoms with Gasteiger partial charge in [-0.05, 0) is 24.6 Å². The Hall–Kier alpha value is -3.31. The monoisotopic (exact) mass is 417 g/mol. The number of nitrogens with one attached hydrogen (secondary N) is 2. The molecular formula is C19H20FN5O5. The number of β-amino-alcohol motifs (C(OH)–C–C–N with tert-alkyl or cyclic N) is 1. The van der Waals surface area contributed by atoms with Crippen LogP contribution in [0.25, 0.3) is 11.0 Å². The number of imidazole rings is 1. The number of ether oxygens (including phenoxy) is 1. The Kier molecular flexibility index (Phi) is 5.22. The number of carbonyl (C=O) groups is 1. The quantitative estimate of drug-likeness (QED) is 0.528. The standard InChI is InChI=1S/C19H20FN5O5/c1-10-2-3-12-13(4-10)22-16(21-12)8-30-9-17(27)24-6-14(15(26)7-24)25-5-11(20)18(28)23-19(25)29/h2-5,14-15,26H,6-9H2,1H3,(H,21,22)(H,23,28,29)/t14-,15-/m1/s1. The first kappa shape index (κ1) is 20.0. The lowest BCUT2D eigenvalue weighted by Gasteiger charge is -2.17. The van der Waals surface area contributed by atoms with Gasteiger partial charge in [0.05, 0.1) is 29.4 Å². The zero-order chi connectivity index (χ0) is 21.4. The molecule has 0 aliphatic carbocycles. The van der Waals surface area contributed by atoms with Gasteiger partial charge in [0.1, 0.15) is 19.0 Å². The Bertz CT molecular complexity index is 1220. The molecule has 0 spiro atoms. The number of nitrogens with zero attached hydrogens (tertiary/aromatic N) is 3. The molecule has 3 N–H and O–H groups in total. The zero-order valence-corrected chi connectivity index (χ0v) is 16.1. The van der Waals surface area contributed by atoms with Crippen molar-refractivity contribution < 1.29 is 19.0 Å². The maximum Gasteiger partial charge on any atom is 0.328 e. The van der Waals surface area contributed by atoms with Gasteiger partial charge in [-0.2, -0.15) is 4.39 Å². The maximum absolute atomic E-state index is 13.5. The summed E-state index contributed by atoms with van der Waals surface area (Å²) < 4.78 is 19.9. The van der Waals surface area contributed by atoms with E-state index in [1.807, 2.05) is 30.1 Å². The smallest absolute Gasteiger partial charge is 0.328 e. The molecule has 1 amide bonds. The first-order chi connectivity index (χ1) is 14.3. The van der Waals surface area contributed by atoms with Gasteiger partial charge >= 0.3 is 5.69 Å². The van der Waals surface area contributed by atoms with Gasteiger partial charge < -0.3 is 19.7 Å². The number of hydrogen-bond donors (Lipinski definition) is 3. The van der Waals surface area contributed by atoms with Crippen molar-refractivity contribution in [3.8, 4) is 0 Å². The van der Waals surface area contributed by atoms with Crippen LogP contribution in [0.5, 0.6) is 0 Å². The number of fused-ring (bicyclic) bond motifs is 1. The normalized spacial score (nSPS) is 19.0. The summed E-state index contributed by atoms with van der Waals surface area (Å²) in [4.78, 5) is 46.2. The van der Waals surface area contributed by atoms with E-state index in [1.165, 1.54) is 4.90 Å². The van der Waals surface area contributed by atoms with E-state index in [1.54, 1.807) is 0 Å². The van der Waals surface area contributed by atoms with Crippen molar-refractivity contribution in [3.63, 3.8) is 0 Å². The number of halogens is 1. The van der Waals surface area contributed by atoms with Gasteiger partial charge in [0.2, 0.25) is 11.7 Å². The number of aryl methyl sites for hydroxylation is 1. The van der Waals surface area contributed by atoms with Crippen LogP contribution in [0, 0.1) is 12.7 Å². The predicted octanol–water partition coefficient (Wildman–Crippen LogP) is -0.179. The maximum atomic E-state index is 13.5. The number of aromatic amines is 2. The number of benzene rings is 1. The number of aliphatic hydroxyl groups is 1. The summed E-state index contributed by atoms with van der Waals surface area (Å²) in [6.45, 7) is 1.78. The number of likely N-dealkylation sites (tertiary alicyclic amines) is 1. The summed E-state index contributed by atoms with van der Waals surface area (Å²) in [5.41, 5.74) is 0.790. The van der Waals surface area contributed by atoms with Crippen LogP contribution in [0.2, 0.25) is 0 Å². The van der Waals surface area contributed by atoms with Crippen molar-refractivity contribution in [2.75, 3.05) is 19.7 Å². The van der Waals surface area contributed by atoms with Gasteiger partial charge in [0.15, 0.2) is 0 Å². The minimum absolute atomic E-state index is 0.0152. The molecule has 0 radical (unpaired) electrons. The van der Waals surface area contributed by atoms with Crippen molar-refractivity contribution >= 4 is 16.9 Å². The van der Waals surface area contributed by atoms with Crippen molar-refractivity contribution in [2.45, 2.75) is 25.7 Å². The average Bonchev–Trinajstić information content (AvgIpc) is 3.27. The molecule has 3 aromatic rings. The lowest BCUT2D eigenvalue weighted by Crippen LogP contribution is -2.37. The average molecular weight is 417 g/mol. The molecule has 3 heterocycles. The third kappa shape index (κ3) is 3.89. The van der Waals surface area contributed by atoms with E-state index in [4.69, 9.17) is 4.74 Å². The molecule has 1 saturated heterocycles. The highest BCUT2D eigenvalue weighted by atomic mass is 19.1. The molecule has 0 bridgehead atoms. The molecule has 2 aromatic heterocycles. The highest BCUT2D eigenvalue weighted by Crippen LogP contribution is 2.21. The second-order valence-electron chi connectivity index (χ2n) is 7.27. The Balaban J connectivity index is 1.36. The van der Waals surface area contributed by atoms with Crippen LogP contribution >= 0.6 is 0 Å². The second kappa shape index (κ2) is 7.84. The van der Waals surface area contributed by atoms with E-state index in [0.29, 0.717) is 5.82 Å². The van der Waals surface area contributed by atoms with Gasteiger partial charge in [-0.25, -0.2) is 9.78 Å². The van der Waals surface area contributed by atoms with E-state index in [0.717, 1.165) is 27.4 Å². The molecule has 4 rings (SSSR count). The fourth-order valence-electron chi connectivity index (χ4n) is 3.52. The number of hydrogen-bond acceptors (Lipinski definition) is 6. The minimum Gasteiger partial charge on any atom is -0.389 e. The van der Waals surface area contributed by atoms with Crippen LogP contribution in [0.4, 0.5) is 4.39 Å². The van der Waals surface area contributed by atoms with E-state index in [-0.39, 0.29) is 32.2 Å². The summed E-state index contributed by atoms with van der Waals surface area (Å²) in [5.74, 6) is -0.949. The van der Waals surface area contributed by atoms with Crippen molar-refractivity contribution in [2.24, 2.45) is 0 Å². The summed E-state index contributed by atoms with van der Waals surface area (Å²) in [6.07, 6.45) is -0.349. The van der Waals surface area contributed by atoms with E-state index < -0.39 is 29.2 Å². The summed E-state index contributed by atoms with van der Waals surface area (Å²) in [7, 11) is 0.